The summed E-state index contributed by atoms with van der Waals surface area (Å²) in [6, 6.07) is 4.10. The third kappa shape index (κ3) is 2.95. The molecule has 1 aliphatic carbocycles. The first-order valence-electron chi connectivity index (χ1n) is 5.94. The largest absolute Gasteiger partial charge is 0.384 e. The second kappa shape index (κ2) is 4.65. The van der Waals surface area contributed by atoms with Gasteiger partial charge in [0, 0.05) is 6.20 Å². The van der Waals surface area contributed by atoms with Gasteiger partial charge in [-0.25, -0.2) is 4.98 Å². The minimum absolute atomic E-state index is 0.650. The number of nitrogens with zero attached hydrogens (tertiary/aromatic N) is 1. The molecule has 0 aliphatic heterocycles. The normalized spacial score (nSPS) is 26.5. The van der Waals surface area contributed by atoms with Gasteiger partial charge in [-0.2, -0.15) is 0 Å². The Bertz CT molecular complexity index is 314. The van der Waals surface area contributed by atoms with E-state index in [2.05, 4.69) is 18.0 Å². The molecule has 1 aliphatic rings. The fourth-order valence-corrected chi connectivity index (χ4v) is 2.49. The third-order valence-electron chi connectivity index (χ3n) is 3.51. The molecule has 2 rings (SSSR count). The lowest BCUT2D eigenvalue weighted by molar-refractivity contribution is 0.289. The van der Waals surface area contributed by atoms with Crippen LogP contribution in [0.5, 0.6) is 0 Å². The van der Waals surface area contributed by atoms with Gasteiger partial charge in [-0.05, 0) is 48.8 Å². The van der Waals surface area contributed by atoms with E-state index in [0.717, 1.165) is 11.8 Å². The van der Waals surface area contributed by atoms with Crippen LogP contribution in [0.15, 0.2) is 18.3 Å². The van der Waals surface area contributed by atoms with E-state index in [1.54, 1.807) is 0 Å². The lowest BCUT2D eigenvalue weighted by Gasteiger charge is -2.26. The zero-order valence-corrected chi connectivity index (χ0v) is 9.45. The Labute approximate surface area is 91.9 Å². The number of anilines is 1. The molecule has 2 heteroatoms. The zero-order chi connectivity index (χ0) is 10.7. The first-order valence-corrected chi connectivity index (χ1v) is 5.94. The van der Waals surface area contributed by atoms with Gasteiger partial charge < -0.3 is 5.73 Å². The minimum atomic E-state index is 0.650. The van der Waals surface area contributed by atoms with E-state index in [0.29, 0.717) is 5.82 Å². The predicted octanol–water partition coefficient (Wildman–Crippen LogP) is 3.03. The van der Waals surface area contributed by atoms with Crippen molar-refractivity contribution in [1.29, 1.82) is 0 Å². The predicted molar refractivity (Wildman–Crippen MR) is 63.5 cm³/mol. The van der Waals surface area contributed by atoms with Crippen LogP contribution in [0.1, 0.15) is 38.2 Å². The van der Waals surface area contributed by atoms with E-state index in [-0.39, 0.29) is 0 Å². The SMILES string of the molecule is CC1CCC(Cc2ccnc(N)c2)CC1. The van der Waals surface area contributed by atoms with Gasteiger partial charge in [0.15, 0.2) is 0 Å². The van der Waals surface area contributed by atoms with Crippen LogP contribution in [0, 0.1) is 11.8 Å². The maximum atomic E-state index is 5.67. The molecule has 1 saturated carbocycles. The van der Waals surface area contributed by atoms with Crippen molar-refractivity contribution in [2.24, 2.45) is 11.8 Å². The van der Waals surface area contributed by atoms with Gasteiger partial charge in [-0.3, -0.25) is 0 Å². The highest BCUT2D eigenvalue weighted by Crippen LogP contribution is 2.30. The van der Waals surface area contributed by atoms with Crippen LogP contribution < -0.4 is 5.73 Å². The topological polar surface area (TPSA) is 38.9 Å². The second-order valence-electron chi connectivity index (χ2n) is 4.92. The maximum absolute atomic E-state index is 5.67. The molecule has 1 aromatic rings. The number of hydrogen-bond donors (Lipinski definition) is 1. The lowest BCUT2D eigenvalue weighted by Crippen LogP contribution is -2.14. The van der Waals surface area contributed by atoms with Gasteiger partial charge in [0.1, 0.15) is 5.82 Å². The van der Waals surface area contributed by atoms with Crippen LogP contribution in [0.2, 0.25) is 0 Å². The molecule has 0 saturated heterocycles. The second-order valence-corrected chi connectivity index (χ2v) is 4.92. The van der Waals surface area contributed by atoms with Gasteiger partial charge in [-0.15, -0.1) is 0 Å². The van der Waals surface area contributed by atoms with E-state index in [1.807, 2.05) is 12.3 Å². The molecule has 0 amide bonds. The number of hydrogen-bond acceptors (Lipinski definition) is 2. The molecule has 2 nitrogen and oxygen atoms in total. The molecule has 15 heavy (non-hydrogen) atoms. The van der Waals surface area contributed by atoms with E-state index in [9.17, 15) is 0 Å². The van der Waals surface area contributed by atoms with Crippen molar-refractivity contribution in [1.82, 2.24) is 4.98 Å². The van der Waals surface area contributed by atoms with Crippen LogP contribution in [-0.2, 0) is 6.42 Å². The molecule has 0 aromatic carbocycles. The molecule has 1 heterocycles. The Morgan fingerprint density at radius 1 is 1.33 bits per heavy atom. The van der Waals surface area contributed by atoms with Crippen molar-refractivity contribution in [3.8, 4) is 0 Å². The summed E-state index contributed by atoms with van der Waals surface area (Å²) in [5.74, 6) is 2.45. The van der Waals surface area contributed by atoms with Gasteiger partial charge in [0.25, 0.3) is 0 Å². The fourth-order valence-electron chi connectivity index (χ4n) is 2.49. The molecule has 0 unspecified atom stereocenters. The molecule has 0 atom stereocenters. The van der Waals surface area contributed by atoms with Crippen molar-refractivity contribution in [2.45, 2.75) is 39.0 Å². The Hall–Kier alpha value is -1.05. The summed E-state index contributed by atoms with van der Waals surface area (Å²) in [7, 11) is 0. The standard InChI is InChI=1S/C13H20N2/c1-10-2-4-11(5-3-10)8-12-6-7-15-13(14)9-12/h6-7,9-11H,2-5,8H2,1H3,(H2,14,15). The number of pyridine rings is 1. The minimum Gasteiger partial charge on any atom is -0.384 e. The molecule has 2 N–H and O–H groups in total. The first kappa shape index (κ1) is 10.5. The molecule has 82 valence electrons. The smallest absolute Gasteiger partial charge is 0.123 e. The van der Waals surface area contributed by atoms with Gasteiger partial charge >= 0.3 is 0 Å². The number of aromatic nitrogens is 1. The van der Waals surface area contributed by atoms with E-state index < -0.39 is 0 Å². The average molecular weight is 204 g/mol. The third-order valence-corrected chi connectivity index (χ3v) is 3.51. The molecule has 0 radical (unpaired) electrons. The van der Waals surface area contributed by atoms with Gasteiger partial charge in [0.05, 0.1) is 0 Å². The summed E-state index contributed by atoms with van der Waals surface area (Å²) in [4.78, 5) is 4.02. The highest BCUT2D eigenvalue weighted by atomic mass is 14.8. The fraction of sp³-hybridized carbons (Fsp3) is 0.615. The Morgan fingerprint density at radius 2 is 2.07 bits per heavy atom. The van der Waals surface area contributed by atoms with Crippen LogP contribution in [0.25, 0.3) is 0 Å². The van der Waals surface area contributed by atoms with Crippen LogP contribution in [-0.4, -0.2) is 4.98 Å². The molecule has 1 aromatic heterocycles. The van der Waals surface area contributed by atoms with E-state index in [4.69, 9.17) is 5.73 Å². The number of nitrogen functional groups attached to an aromatic ring is 1. The van der Waals surface area contributed by atoms with Crippen molar-refractivity contribution in [2.75, 3.05) is 5.73 Å². The van der Waals surface area contributed by atoms with Crippen LogP contribution in [0.4, 0.5) is 5.82 Å². The zero-order valence-electron chi connectivity index (χ0n) is 9.45. The van der Waals surface area contributed by atoms with Crippen molar-refractivity contribution < 1.29 is 0 Å². The van der Waals surface area contributed by atoms with E-state index >= 15 is 0 Å². The molecular formula is C13H20N2. The van der Waals surface area contributed by atoms with Gasteiger partial charge in [0.2, 0.25) is 0 Å². The summed E-state index contributed by atoms with van der Waals surface area (Å²) >= 11 is 0. The van der Waals surface area contributed by atoms with Gasteiger partial charge in [-0.1, -0.05) is 19.8 Å². The van der Waals surface area contributed by atoms with Crippen molar-refractivity contribution in [3.05, 3.63) is 23.9 Å². The molecule has 1 fully saturated rings. The summed E-state index contributed by atoms with van der Waals surface area (Å²) in [6.07, 6.45) is 8.54. The van der Waals surface area contributed by atoms with Crippen LogP contribution in [0.3, 0.4) is 0 Å². The summed E-state index contributed by atoms with van der Waals surface area (Å²) < 4.78 is 0. The monoisotopic (exact) mass is 204 g/mol. The van der Waals surface area contributed by atoms with Crippen molar-refractivity contribution >= 4 is 5.82 Å². The first-order chi connectivity index (χ1) is 7.24. The average Bonchev–Trinajstić information content (AvgIpc) is 2.22. The Balaban J connectivity index is 1.92. The highest BCUT2D eigenvalue weighted by molar-refractivity contribution is 5.31. The molecular weight excluding hydrogens is 184 g/mol. The number of rotatable bonds is 2. The highest BCUT2D eigenvalue weighted by Gasteiger charge is 2.18. The Kier molecular flexibility index (Phi) is 3.24. The summed E-state index contributed by atoms with van der Waals surface area (Å²) in [5, 5.41) is 0. The quantitative estimate of drug-likeness (QED) is 0.804. The lowest BCUT2D eigenvalue weighted by atomic mass is 9.80. The number of nitrogens with two attached hydrogens (primary N) is 1. The van der Waals surface area contributed by atoms with Crippen LogP contribution >= 0.6 is 0 Å². The molecule has 0 bridgehead atoms. The van der Waals surface area contributed by atoms with Crippen molar-refractivity contribution in [3.63, 3.8) is 0 Å². The summed E-state index contributed by atoms with van der Waals surface area (Å²) in [5.41, 5.74) is 7.02. The maximum Gasteiger partial charge on any atom is 0.123 e. The summed E-state index contributed by atoms with van der Waals surface area (Å²) in [6.45, 7) is 2.36. The van der Waals surface area contributed by atoms with E-state index in [1.165, 1.54) is 37.7 Å². The Morgan fingerprint density at radius 3 is 2.73 bits per heavy atom. The molecule has 0 spiro atoms.